The van der Waals surface area contributed by atoms with Crippen LogP contribution in [0.25, 0.3) is 11.0 Å². The number of nitrogens with zero attached hydrogens (tertiary/aromatic N) is 2. The molecule has 0 fully saturated rings. The Balaban J connectivity index is 1.88. The number of rotatable bonds is 4. The topological polar surface area (TPSA) is 52.1 Å². The molecule has 3 aromatic rings. The molecule has 1 heterocycles. The fourth-order valence-corrected chi connectivity index (χ4v) is 2.33. The molecule has 0 radical (unpaired) electrons. The predicted octanol–water partition coefficient (Wildman–Crippen LogP) is 3.98. The first kappa shape index (κ1) is 14.5. The van der Waals surface area contributed by atoms with Gasteiger partial charge >= 0.3 is 0 Å². The van der Waals surface area contributed by atoms with Crippen LogP contribution in [0.4, 0.5) is 0 Å². The minimum atomic E-state index is 0.242. The normalized spacial score (nSPS) is 10.6. The quantitative estimate of drug-likeness (QED) is 0.684. The van der Waals surface area contributed by atoms with E-state index in [1.54, 1.807) is 18.2 Å². The van der Waals surface area contributed by atoms with Gasteiger partial charge in [0.15, 0.2) is 6.29 Å². The average molecular weight is 313 g/mol. The van der Waals surface area contributed by atoms with Gasteiger partial charge in [0, 0.05) is 5.02 Å². The number of halogens is 1. The number of aldehydes is 1. The lowest BCUT2D eigenvalue weighted by Gasteiger charge is -2.10. The van der Waals surface area contributed by atoms with Crippen molar-refractivity contribution in [2.45, 2.75) is 13.5 Å². The number of hydrogen-bond acceptors (Lipinski definition) is 4. The summed E-state index contributed by atoms with van der Waals surface area (Å²) in [6, 6.07) is 12.6. The fraction of sp³-hybridized carbons (Fsp3) is 0.118. The molecule has 0 bridgehead atoms. The van der Waals surface area contributed by atoms with Gasteiger partial charge in [-0.2, -0.15) is 0 Å². The molecule has 0 aliphatic carbocycles. The lowest BCUT2D eigenvalue weighted by atomic mass is 10.2. The number of aryl methyl sites for hydroxylation is 1. The van der Waals surface area contributed by atoms with Crippen molar-refractivity contribution in [1.82, 2.24) is 9.97 Å². The number of fused-ring (bicyclic) bond motifs is 1. The van der Waals surface area contributed by atoms with Gasteiger partial charge in [0.2, 0.25) is 0 Å². The summed E-state index contributed by atoms with van der Waals surface area (Å²) in [5.74, 6) is 0.480. The average Bonchev–Trinajstić information content (AvgIpc) is 2.53. The third kappa shape index (κ3) is 2.92. The van der Waals surface area contributed by atoms with Gasteiger partial charge in [-0.25, -0.2) is 9.97 Å². The number of carbonyl (C=O) groups excluding carboxylic acids is 1. The van der Waals surface area contributed by atoms with Crippen LogP contribution >= 0.6 is 11.6 Å². The Morgan fingerprint density at radius 3 is 2.59 bits per heavy atom. The van der Waals surface area contributed by atoms with E-state index in [2.05, 4.69) is 9.97 Å². The van der Waals surface area contributed by atoms with Crippen molar-refractivity contribution in [3.8, 4) is 5.75 Å². The molecule has 0 amide bonds. The molecule has 0 aliphatic heterocycles. The molecule has 0 aliphatic rings. The maximum atomic E-state index is 11.1. The van der Waals surface area contributed by atoms with Crippen molar-refractivity contribution < 1.29 is 9.53 Å². The molecule has 0 saturated carbocycles. The van der Waals surface area contributed by atoms with Gasteiger partial charge < -0.3 is 4.74 Å². The first-order chi connectivity index (χ1) is 10.7. The molecule has 0 unspecified atom stereocenters. The zero-order valence-corrected chi connectivity index (χ0v) is 12.7. The highest BCUT2D eigenvalue weighted by atomic mass is 35.5. The number of para-hydroxylation sites is 2. The van der Waals surface area contributed by atoms with E-state index in [-0.39, 0.29) is 6.61 Å². The lowest BCUT2D eigenvalue weighted by molar-refractivity contribution is 0.111. The lowest BCUT2D eigenvalue weighted by Crippen LogP contribution is -2.04. The Hall–Kier alpha value is -2.46. The highest BCUT2D eigenvalue weighted by Crippen LogP contribution is 2.22. The largest absolute Gasteiger partial charge is 0.486 e. The smallest absolute Gasteiger partial charge is 0.153 e. The van der Waals surface area contributed by atoms with E-state index in [1.165, 1.54) is 0 Å². The minimum absolute atomic E-state index is 0.242. The van der Waals surface area contributed by atoms with Crippen molar-refractivity contribution in [3.05, 3.63) is 64.4 Å². The van der Waals surface area contributed by atoms with Gasteiger partial charge in [-0.15, -0.1) is 0 Å². The highest BCUT2D eigenvalue weighted by Gasteiger charge is 2.08. The monoisotopic (exact) mass is 312 g/mol. The van der Waals surface area contributed by atoms with Crippen LogP contribution in [0.5, 0.6) is 5.75 Å². The van der Waals surface area contributed by atoms with E-state index in [4.69, 9.17) is 16.3 Å². The summed E-state index contributed by atoms with van der Waals surface area (Å²) >= 11 is 5.87. The standard InChI is InChI=1S/C17H13ClN2O2/c1-11-16(20-15-5-3-2-4-14(15)19-11)10-22-17-7-6-13(18)8-12(17)9-21/h2-9H,10H2,1H3. The number of ether oxygens (including phenoxy) is 1. The number of hydrogen-bond donors (Lipinski definition) is 0. The molecule has 5 heteroatoms. The second-order valence-electron chi connectivity index (χ2n) is 4.83. The summed E-state index contributed by atoms with van der Waals surface area (Å²) in [7, 11) is 0. The van der Waals surface area contributed by atoms with Crippen molar-refractivity contribution >= 4 is 28.9 Å². The van der Waals surface area contributed by atoms with Crippen LogP contribution in [0.15, 0.2) is 42.5 Å². The number of carbonyl (C=O) groups is 1. The van der Waals surface area contributed by atoms with Gasteiger partial charge in [0.05, 0.1) is 28.0 Å². The van der Waals surface area contributed by atoms with Crippen molar-refractivity contribution in [1.29, 1.82) is 0 Å². The van der Waals surface area contributed by atoms with E-state index in [0.717, 1.165) is 28.7 Å². The van der Waals surface area contributed by atoms with Gasteiger partial charge in [-0.05, 0) is 37.3 Å². The van der Waals surface area contributed by atoms with Crippen molar-refractivity contribution in [2.24, 2.45) is 0 Å². The molecule has 0 N–H and O–H groups in total. The number of benzene rings is 2. The minimum Gasteiger partial charge on any atom is -0.486 e. The Morgan fingerprint density at radius 2 is 1.86 bits per heavy atom. The second-order valence-corrected chi connectivity index (χ2v) is 5.27. The Morgan fingerprint density at radius 1 is 1.14 bits per heavy atom. The third-order valence-electron chi connectivity index (χ3n) is 3.31. The summed E-state index contributed by atoms with van der Waals surface area (Å²) in [4.78, 5) is 20.1. The Kier molecular flexibility index (Phi) is 4.02. The van der Waals surface area contributed by atoms with Crippen LogP contribution in [0.3, 0.4) is 0 Å². The van der Waals surface area contributed by atoms with Crippen LogP contribution in [-0.4, -0.2) is 16.3 Å². The van der Waals surface area contributed by atoms with Crippen LogP contribution in [0, 0.1) is 6.92 Å². The second kappa shape index (κ2) is 6.12. The van der Waals surface area contributed by atoms with Crippen LogP contribution in [0.2, 0.25) is 5.02 Å². The first-order valence-electron chi connectivity index (χ1n) is 6.77. The van der Waals surface area contributed by atoms with Crippen LogP contribution < -0.4 is 4.74 Å². The molecule has 0 spiro atoms. The molecule has 4 nitrogen and oxygen atoms in total. The van der Waals surface area contributed by atoms with Gasteiger partial charge in [0.1, 0.15) is 12.4 Å². The first-order valence-corrected chi connectivity index (χ1v) is 7.15. The van der Waals surface area contributed by atoms with Gasteiger partial charge in [-0.3, -0.25) is 4.79 Å². The van der Waals surface area contributed by atoms with Crippen molar-refractivity contribution in [3.63, 3.8) is 0 Å². The van der Waals surface area contributed by atoms with E-state index in [9.17, 15) is 4.79 Å². The number of aromatic nitrogens is 2. The maximum absolute atomic E-state index is 11.1. The Labute approximate surface area is 132 Å². The van der Waals surface area contributed by atoms with Crippen LogP contribution in [-0.2, 0) is 6.61 Å². The summed E-state index contributed by atoms with van der Waals surface area (Å²) in [6.07, 6.45) is 0.722. The highest BCUT2D eigenvalue weighted by molar-refractivity contribution is 6.30. The maximum Gasteiger partial charge on any atom is 0.153 e. The van der Waals surface area contributed by atoms with Crippen molar-refractivity contribution in [2.75, 3.05) is 0 Å². The van der Waals surface area contributed by atoms with E-state index in [1.807, 2.05) is 31.2 Å². The molecule has 0 atom stereocenters. The van der Waals surface area contributed by atoms with E-state index in [0.29, 0.717) is 16.3 Å². The zero-order chi connectivity index (χ0) is 15.5. The summed E-state index contributed by atoms with van der Waals surface area (Å²) in [5.41, 5.74) is 3.63. The van der Waals surface area contributed by atoms with Crippen LogP contribution in [0.1, 0.15) is 21.7 Å². The molecule has 0 saturated heterocycles. The fourth-order valence-electron chi connectivity index (χ4n) is 2.15. The predicted molar refractivity (Wildman–Crippen MR) is 85.4 cm³/mol. The molecule has 110 valence electrons. The van der Waals surface area contributed by atoms with Gasteiger partial charge in [-0.1, -0.05) is 23.7 Å². The summed E-state index contributed by atoms with van der Waals surface area (Å²) in [6.45, 7) is 2.13. The summed E-state index contributed by atoms with van der Waals surface area (Å²) in [5, 5.41) is 0.496. The molecular formula is C17H13ClN2O2. The summed E-state index contributed by atoms with van der Waals surface area (Å²) < 4.78 is 5.71. The van der Waals surface area contributed by atoms with Gasteiger partial charge in [0.25, 0.3) is 0 Å². The third-order valence-corrected chi connectivity index (χ3v) is 3.54. The Bertz CT molecular complexity index is 849. The molecule has 22 heavy (non-hydrogen) atoms. The molecule has 2 aromatic carbocycles. The molecular weight excluding hydrogens is 300 g/mol. The van der Waals surface area contributed by atoms with E-state index >= 15 is 0 Å². The molecule has 1 aromatic heterocycles. The zero-order valence-electron chi connectivity index (χ0n) is 11.9. The van der Waals surface area contributed by atoms with E-state index < -0.39 is 0 Å². The SMILES string of the molecule is Cc1nc2ccccc2nc1COc1ccc(Cl)cc1C=O. The molecule has 3 rings (SSSR count).